The highest BCUT2D eigenvalue weighted by atomic mass is 35.5. The maximum absolute atomic E-state index is 13.0. The zero-order valence-electron chi connectivity index (χ0n) is 18.2. The maximum atomic E-state index is 13.0. The molecule has 0 unspecified atom stereocenters. The first-order valence-corrected chi connectivity index (χ1v) is 11.1. The normalized spacial score (nSPS) is 12.9. The Morgan fingerprint density at radius 1 is 0.938 bits per heavy atom. The molecule has 6 heteroatoms. The summed E-state index contributed by atoms with van der Waals surface area (Å²) in [5, 5.41) is 6.36. The molecule has 0 aromatic heterocycles. The SMILES string of the molecule is CC(C)NC(=O)c1cc(NC(=O)c2cccc(Cl)c2)ccc1N1CCc2ccccc2C1. The van der Waals surface area contributed by atoms with Crippen LogP contribution in [0, 0.1) is 0 Å². The minimum absolute atomic E-state index is 0.00198. The fourth-order valence-electron chi connectivity index (χ4n) is 3.95. The van der Waals surface area contributed by atoms with Crippen LogP contribution in [0.3, 0.4) is 0 Å². The molecule has 0 spiro atoms. The lowest BCUT2D eigenvalue weighted by atomic mass is 9.98. The summed E-state index contributed by atoms with van der Waals surface area (Å²) in [5.74, 6) is -0.435. The van der Waals surface area contributed by atoms with E-state index in [9.17, 15) is 9.59 Å². The van der Waals surface area contributed by atoms with Gasteiger partial charge in [-0.2, -0.15) is 0 Å². The van der Waals surface area contributed by atoms with Crippen molar-refractivity contribution >= 4 is 34.8 Å². The first-order chi connectivity index (χ1) is 15.4. The summed E-state index contributed by atoms with van der Waals surface area (Å²) >= 11 is 6.01. The number of nitrogens with one attached hydrogen (secondary N) is 2. The molecule has 1 heterocycles. The lowest BCUT2D eigenvalue weighted by molar-refractivity contribution is 0.0942. The Balaban J connectivity index is 1.63. The monoisotopic (exact) mass is 447 g/mol. The smallest absolute Gasteiger partial charge is 0.255 e. The van der Waals surface area contributed by atoms with E-state index in [1.165, 1.54) is 11.1 Å². The Kier molecular flexibility index (Phi) is 6.47. The third-order valence-electron chi connectivity index (χ3n) is 5.48. The van der Waals surface area contributed by atoms with Crippen molar-refractivity contribution in [2.24, 2.45) is 0 Å². The molecule has 0 atom stereocenters. The highest BCUT2D eigenvalue weighted by molar-refractivity contribution is 6.31. The van der Waals surface area contributed by atoms with Crippen molar-refractivity contribution in [1.29, 1.82) is 0 Å². The zero-order chi connectivity index (χ0) is 22.7. The Morgan fingerprint density at radius 2 is 1.72 bits per heavy atom. The van der Waals surface area contributed by atoms with Gasteiger partial charge in [0.1, 0.15) is 0 Å². The van der Waals surface area contributed by atoms with E-state index in [0.717, 1.165) is 25.2 Å². The molecule has 0 saturated carbocycles. The Morgan fingerprint density at radius 3 is 2.47 bits per heavy atom. The number of amides is 2. The zero-order valence-corrected chi connectivity index (χ0v) is 18.9. The molecule has 4 rings (SSSR count). The van der Waals surface area contributed by atoms with Crippen LogP contribution < -0.4 is 15.5 Å². The van der Waals surface area contributed by atoms with Gasteiger partial charge in [0.2, 0.25) is 0 Å². The number of rotatable bonds is 5. The molecule has 32 heavy (non-hydrogen) atoms. The molecule has 2 N–H and O–H groups in total. The Labute approximate surface area is 193 Å². The first-order valence-electron chi connectivity index (χ1n) is 10.7. The lowest BCUT2D eigenvalue weighted by Gasteiger charge is -2.32. The van der Waals surface area contributed by atoms with Crippen molar-refractivity contribution in [3.05, 3.63) is 94.0 Å². The van der Waals surface area contributed by atoms with Gasteiger partial charge in [-0.1, -0.05) is 41.9 Å². The fourth-order valence-corrected chi connectivity index (χ4v) is 4.14. The third kappa shape index (κ3) is 4.94. The van der Waals surface area contributed by atoms with E-state index in [0.29, 0.717) is 21.8 Å². The first kappa shape index (κ1) is 21.9. The molecule has 164 valence electrons. The number of anilines is 2. The van der Waals surface area contributed by atoms with Crippen LogP contribution in [0.5, 0.6) is 0 Å². The quantitative estimate of drug-likeness (QED) is 0.558. The van der Waals surface area contributed by atoms with Gasteiger partial charge < -0.3 is 15.5 Å². The van der Waals surface area contributed by atoms with E-state index in [4.69, 9.17) is 11.6 Å². The molecule has 0 bridgehead atoms. The second-order valence-corrected chi connectivity index (χ2v) is 8.70. The summed E-state index contributed by atoms with van der Waals surface area (Å²) in [5.41, 5.74) is 5.04. The molecular weight excluding hydrogens is 422 g/mol. The average molecular weight is 448 g/mol. The van der Waals surface area contributed by atoms with Gasteiger partial charge in [0.15, 0.2) is 0 Å². The number of carbonyl (C=O) groups is 2. The van der Waals surface area contributed by atoms with E-state index in [2.05, 4.69) is 33.7 Å². The summed E-state index contributed by atoms with van der Waals surface area (Å²) in [6.45, 7) is 5.43. The van der Waals surface area contributed by atoms with E-state index in [1.54, 1.807) is 30.3 Å². The maximum Gasteiger partial charge on any atom is 0.255 e. The number of hydrogen-bond acceptors (Lipinski definition) is 3. The van der Waals surface area contributed by atoms with Crippen LogP contribution in [0.15, 0.2) is 66.7 Å². The molecule has 0 radical (unpaired) electrons. The minimum Gasteiger partial charge on any atom is -0.366 e. The number of hydrogen-bond donors (Lipinski definition) is 2. The summed E-state index contributed by atoms with van der Waals surface area (Å²) in [7, 11) is 0. The van der Waals surface area contributed by atoms with Crippen LogP contribution in [0.1, 0.15) is 45.7 Å². The van der Waals surface area contributed by atoms with Gasteiger partial charge in [0, 0.05) is 41.1 Å². The third-order valence-corrected chi connectivity index (χ3v) is 5.71. The lowest BCUT2D eigenvalue weighted by Crippen LogP contribution is -2.35. The van der Waals surface area contributed by atoms with E-state index < -0.39 is 0 Å². The molecule has 3 aromatic carbocycles. The van der Waals surface area contributed by atoms with Crippen molar-refractivity contribution in [2.45, 2.75) is 32.9 Å². The summed E-state index contributed by atoms with van der Waals surface area (Å²) < 4.78 is 0. The number of benzene rings is 3. The summed E-state index contributed by atoms with van der Waals surface area (Å²) in [6, 6.07) is 20.7. The second-order valence-electron chi connectivity index (χ2n) is 8.26. The van der Waals surface area contributed by atoms with Gasteiger partial charge in [0.05, 0.1) is 5.56 Å². The average Bonchev–Trinajstić information content (AvgIpc) is 2.78. The van der Waals surface area contributed by atoms with E-state index in [1.807, 2.05) is 32.0 Å². The summed E-state index contributed by atoms with van der Waals surface area (Å²) in [6.07, 6.45) is 0.925. The highest BCUT2D eigenvalue weighted by Crippen LogP contribution is 2.30. The van der Waals surface area contributed by atoms with Gasteiger partial charge in [-0.15, -0.1) is 0 Å². The highest BCUT2D eigenvalue weighted by Gasteiger charge is 2.22. The molecule has 0 fully saturated rings. The van der Waals surface area contributed by atoms with E-state index in [-0.39, 0.29) is 17.9 Å². The minimum atomic E-state index is -0.276. The van der Waals surface area contributed by atoms with Crippen LogP contribution in [0.4, 0.5) is 11.4 Å². The second kappa shape index (κ2) is 9.45. The molecule has 1 aliphatic heterocycles. The standard InChI is InChI=1S/C26H26ClN3O2/c1-17(2)28-26(32)23-15-22(29-25(31)19-8-5-9-21(27)14-19)10-11-24(23)30-13-12-18-6-3-4-7-20(18)16-30/h3-11,14-15,17H,12-13,16H2,1-2H3,(H,28,32)(H,29,31). The van der Waals surface area contributed by atoms with Crippen LogP contribution in [0.25, 0.3) is 0 Å². The Hall–Kier alpha value is -3.31. The number of halogens is 1. The predicted octanol–water partition coefficient (Wildman–Crippen LogP) is 5.29. The Bertz CT molecular complexity index is 1160. The number of carbonyl (C=O) groups excluding carboxylic acids is 2. The van der Waals surface area contributed by atoms with Crippen LogP contribution in [-0.4, -0.2) is 24.4 Å². The van der Waals surface area contributed by atoms with Crippen molar-refractivity contribution in [2.75, 3.05) is 16.8 Å². The topological polar surface area (TPSA) is 61.4 Å². The number of fused-ring (bicyclic) bond motifs is 1. The molecule has 0 saturated heterocycles. The number of nitrogens with zero attached hydrogens (tertiary/aromatic N) is 1. The van der Waals surface area contributed by atoms with Gasteiger partial charge in [-0.3, -0.25) is 9.59 Å². The van der Waals surface area contributed by atoms with Gasteiger partial charge >= 0.3 is 0 Å². The molecule has 5 nitrogen and oxygen atoms in total. The summed E-state index contributed by atoms with van der Waals surface area (Å²) in [4.78, 5) is 27.9. The molecule has 0 aliphatic carbocycles. The predicted molar refractivity (Wildman–Crippen MR) is 130 cm³/mol. The molecule has 2 amide bonds. The van der Waals surface area contributed by atoms with Gasteiger partial charge in [-0.25, -0.2) is 0 Å². The van der Waals surface area contributed by atoms with Crippen molar-refractivity contribution in [3.8, 4) is 0 Å². The van der Waals surface area contributed by atoms with Gasteiger partial charge in [0.25, 0.3) is 11.8 Å². The van der Waals surface area contributed by atoms with E-state index >= 15 is 0 Å². The van der Waals surface area contributed by atoms with Crippen LogP contribution in [-0.2, 0) is 13.0 Å². The van der Waals surface area contributed by atoms with Crippen LogP contribution >= 0.6 is 11.6 Å². The molecular formula is C26H26ClN3O2. The van der Waals surface area contributed by atoms with Crippen molar-refractivity contribution in [3.63, 3.8) is 0 Å². The van der Waals surface area contributed by atoms with Crippen molar-refractivity contribution < 1.29 is 9.59 Å². The molecule has 3 aromatic rings. The largest absolute Gasteiger partial charge is 0.366 e. The van der Waals surface area contributed by atoms with Crippen LogP contribution in [0.2, 0.25) is 5.02 Å². The van der Waals surface area contributed by atoms with Gasteiger partial charge in [-0.05, 0) is 67.8 Å². The fraction of sp³-hybridized carbons (Fsp3) is 0.231. The van der Waals surface area contributed by atoms with Crippen molar-refractivity contribution in [1.82, 2.24) is 5.32 Å². The molecule has 1 aliphatic rings.